The second kappa shape index (κ2) is 7.51. The Balaban J connectivity index is 1.32. The number of anilines is 1. The van der Waals surface area contributed by atoms with E-state index in [0.717, 1.165) is 44.7 Å². The summed E-state index contributed by atoms with van der Waals surface area (Å²) in [7, 11) is 0. The third-order valence-electron chi connectivity index (χ3n) is 5.06. The molecule has 2 aromatic rings. The lowest BCUT2D eigenvalue weighted by atomic mass is 10.0. The predicted molar refractivity (Wildman–Crippen MR) is 94.2 cm³/mol. The van der Waals surface area contributed by atoms with Gasteiger partial charge in [-0.2, -0.15) is 5.10 Å². The number of pyridine rings is 1. The van der Waals surface area contributed by atoms with Gasteiger partial charge in [0, 0.05) is 44.8 Å². The van der Waals surface area contributed by atoms with E-state index in [4.69, 9.17) is 4.74 Å². The molecule has 0 radical (unpaired) electrons. The Morgan fingerprint density at radius 2 is 2.08 bits per heavy atom. The number of β-amino-alcohol motifs (C(OH)–C–C–N with tert-alkyl or cyclic N) is 1. The van der Waals surface area contributed by atoms with Crippen molar-refractivity contribution in [2.45, 2.75) is 31.7 Å². The molecule has 4 rings (SSSR count). The van der Waals surface area contributed by atoms with Crippen LogP contribution >= 0.6 is 0 Å². The molecule has 0 amide bonds. The van der Waals surface area contributed by atoms with Crippen molar-refractivity contribution in [3.05, 3.63) is 42.5 Å². The second-order valence-electron chi connectivity index (χ2n) is 6.82. The number of hydrogen-bond donors (Lipinski definition) is 1. The van der Waals surface area contributed by atoms with Crippen molar-refractivity contribution in [3.63, 3.8) is 0 Å². The van der Waals surface area contributed by atoms with E-state index in [1.807, 2.05) is 24.7 Å². The van der Waals surface area contributed by atoms with Crippen molar-refractivity contribution in [1.29, 1.82) is 0 Å². The molecular weight excluding hydrogens is 318 g/mol. The van der Waals surface area contributed by atoms with Crippen LogP contribution in [0.2, 0.25) is 0 Å². The lowest BCUT2D eigenvalue weighted by Gasteiger charge is -2.32. The smallest absolute Gasteiger partial charge is 0.172 e. The van der Waals surface area contributed by atoms with E-state index in [2.05, 4.69) is 36.8 Å². The molecule has 0 bridgehead atoms. The Kier molecular flexibility index (Phi) is 4.96. The van der Waals surface area contributed by atoms with Crippen LogP contribution in [-0.4, -0.2) is 63.8 Å². The first-order valence-electron chi connectivity index (χ1n) is 8.98. The van der Waals surface area contributed by atoms with E-state index in [-0.39, 0.29) is 0 Å². The number of morpholine rings is 1. The summed E-state index contributed by atoms with van der Waals surface area (Å²) in [6.45, 7) is 4.98. The molecule has 0 aromatic carbocycles. The number of aliphatic hydroxyl groups is 1. The van der Waals surface area contributed by atoms with Gasteiger partial charge in [-0.1, -0.05) is 6.07 Å². The summed E-state index contributed by atoms with van der Waals surface area (Å²) in [5.74, 6) is 0. The molecule has 134 valence electrons. The Hall–Kier alpha value is -1.96. The Labute approximate surface area is 147 Å². The van der Waals surface area contributed by atoms with Crippen molar-refractivity contribution >= 4 is 5.69 Å². The van der Waals surface area contributed by atoms with Crippen LogP contribution in [0, 0.1) is 0 Å². The minimum atomic E-state index is -0.701. The van der Waals surface area contributed by atoms with Gasteiger partial charge in [-0.15, -0.1) is 0 Å². The van der Waals surface area contributed by atoms with Crippen LogP contribution in [0.25, 0.3) is 0 Å². The van der Waals surface area contributed by atoms with Crippen LogP contribution in [0.3, 0.4) is 0 Å². The summed E-state index contributed by atoms with van der Waals surface area (Å²) < 4.78 is 7.29. The van der Waals surface area contributed by atoms with Crippen molar-refractivity contribution in [3.8, 4) is 0 Å². The zero-order valence-corrected chi connectivity index (χ0v) is 14.4. The number of aromatic nitrogens is 3. The first-order chi connectivity index (χ1) is 12.3. The van der Waals surface area contributed by atoms with Crippen LogP contribution in [0.5, 0.6) is 0 Å². The van der Waals surface area contributed by atoms with Gasteiger partial charge in [0.05, 0.1) is 31.1 Å². The van der Waals surface area contributed by atoms with E-state index in [1.54, 1.807) is 0 Å². The highest BCUT2D eigenvalue weighted by Crippen LogP contribution is 2.25. The molecule has 0 aliphatic carbocycles. The van der Waals surface area contributed by atoms with Gasteiger partial charge in [-0.3, -0.25) is 14.6 Å². The molecule has 0 saturated carbocycles. The average Bonchev–Trinajstić information content (AvgIpc) is 3.13. The Morgan fingerprint density at radius 1 is 1.20 bits per heavy atom. The lowest BCUT2D eigenvalue weighted by Crippen LogP contribution is -2.42. The average molecular weight is 343 g/mol. The monoisotopic (exact) mass is 343 g/mol. The van der Waals surface area contributed by atoms with E-state index >= 15 is 0 Å². The molecular formula is C18H25N5O2. The summed E-state index contributed by atoms with van der Waals surface area (Å²) in [5.41, 5.74) is 2.34. The van der Waals surface area contributed by atoms with E-state index in [9.17, 15) is 5.11 Å². The zero-order chi connectivity index (χ0) is 17.1. The van der Waals surface area contributed by atoms with Crippen LogP contribution in [0.15, 0.2) is 36.9 Å². The third kappa shape index (κ3) is 4.00. The Bertz CT molecular complexity index is 669. The van der Waals surface area contributed by atoms with Crippen LogP contribution in [0.4, 0.5) is 5.69 Å². The fraction of sp³-hybridized carbons (Fsp3) is 0.556. The first-order valence-corrected chi connectivity index (χ1v) is 8.98. The first kappa shape index (κ1) is 16.5. The lowest BCUT2D eigenvalue weighted by molar-refractivity contribution is -0.104. The molecule has 2 fully saturated rings. The maximum absolute atomic E-state index is 9.65. The number of rotatable bonds is 4. The fourth-order valence-electron chi connectivity index (χ4n) is 3.65. The van der Waals surface area contributed by atoms with Gasteiger partial charge in [-0.05, 0) is 24.5 Å². The number of likely N-dealkylation sites (tertiary alicyclic amines) is 1. The van der Waals surface area contributed by atoms with Crippen LogP contribution in [0.1, 0.15) is 24.4 Å². The zero-order valence-electron chi connectivity index (χ0n) is 14.4. The normalized spacial score (nSPS) is 23.1. The maximum Gasteiger partial charge on any atom is 0.172 e. The highest BCUT2D eigenvalue weighted by atomic mass is 16.6. The number of piperidine rings is 1. The molecule has 1 atom stereocenters. The standard InChI is InChI=1S/C18H25N5O2/c24-18-14-22(8-9-25-18)17-11-20-23(13-17)16-3-6-21(7-4-16)12-15-2-1-5-19-10-15/h1-2,5,10-11,13,16,18,24H,3-4,6-9,12,14H2. The van der Waals surface area contributed by atoms with Gasteiger partial charge in [0.1, 0.15) is 0 Å². The van der Waals surface area contributed by atoms with Crippen molar-refractivity contribution < 1.29 is 9.84 Å². The summed E-state index contributed by atoms with van der Waals surface area (Å²) in [6, 6.07) is 4.58. The number of nitrogens with zero attached hydrogens (tertiary/aromatic N) is 5. The summed E-state index contributed by atoms with van der Waals surface area (Å²) in [4.78, 5) is 8.81. The topological polar surface area (TPSA) is 66.7 Å². The summed E-state index contributed by atoms with van der Waals surface area (Å²) >= 11 is 0. The minimum absolute atomic E-state index is 0.449. The molecule has 1 unspecified atom stereocenters. The van der Waals surface area contributed by atoms with E-state index < -0.39 is 6.29 Å². The predicted octanol–water partition coefficient (Wildman–Crippen LogP) is 1.27. The molecule has 1 N–H and O–H groups in total. The maximum atomic E-state index is 9.65. The molecule has 7 heteroatoms. The molecule has 4 heterocycles. The quantitative estimate of drug-likeness (QED) is 0.902. The fourth-order valence-corrected chi connectivity index (χ4v) is 3.65. The molecule has 2 aliphatic rings. The molecule has 2 saturated heterocycles. The molecule has 25 heavy (non-hydrogen) atoms. The largest absolute Gasteiger partial charge is 0.366 e. The minimum Gasteiger partial charge on any atom is -0.366 e. The van der Waals surface area contributed by atoms with Gasteiger partial charge in [0.25, 0.3) is 0 Å². The van der Waals surface area contributed by atoms with Crippen molar-refractivity contribution in [2.75, 3.05) is 37.7 Å². The van der Waals surface area contributed by atoms with Crippen LogP contribution < -0.4 is 4.90 Å². The number of hydrogen-bond acceptors (Lipinski definition) is 6. The number of aliphatic hydroxyl groups excluding tert-OH is 1. The van der Waals surface area contributed by atoms with Gasteiger partial charge in [-0.25, -0.2) is 0 Å². The van der Waals surface area contributed by atoms with Crippen molar-refractivity contribution in [1.82, 2.24) is 19.7 Å². The molecule has 2 aliphatic heterocycles. The van der Waals surface area contributed by atoms with E-state index in [0.29, 0.717) is 19.2 Å². The van der Waals surface area contributed by atoms with E-state index in [1.165, 1.54) is 5.56 Å². The molecule has 0 spiro atoms. The molecule has 7 nitrogen and oxygen atoms in total. The highest BCUT2D eigenvalue weighted by molar-refractivity contribution is 5.42. The van der Waals surface area contributed by atoms with Gasteiger partial charge in [0.15, 0.2) is 6.29 Å². The summed E-state index contributed by atoms with van der Waals surface area (Å²) in [6.07, 6.45) is 9.29. The van der Waals surface area contributed by atoms with Crippen molar-refractivity contribution in [2.24, 2.45) is 0 Å². The third-order valence-corrected chi connectivity index (χ3v) is 5.06. The molecule has 2 aromatic heterocycles. The van der Waals surface area contributed by atoms with Crippen LogP contribution in [-0.2, 0) is 11.3 Å². The summed E-state index contributed by atoms with van der Waals surface area (Å²) in [5, 5.41) is 14.2. The van der Waals surface area contributed by atoms with Gasteiger partial charge < -0.3 is 14.7 Å². The number of ether oxygens (including phenoxy) is 1. The highest BCUT2D eigenvalue weighted by Gasteiger charge is 2.23. The Morgan fingerprint density at radius 3 is 2.84 bits per heavy atom. The second-order valence-corrected chi connectivity index (χ2v) is 6.82. The SMILES string of the molecule is OC1CN(c2cnn(C3CCN(Cc4cccnc4)CC3)c2)CCO1. The van der Waals surface area contributed by atoms with Gasteiger partial charge in [0.2, 0.25) is 0 Å². The van der Waals surface area contributed by atoms with Gasteiger partial charge >= 0.3 is 0 Å².